The second-order valence-electron chi connectivity index (χ2n) is 4.17. The highest BCUT2D eigenvalue weighted by molar-refractivity contribution is 5.80. The van der Waals surface area contributed by atoms with Crippen molar-refractivity contribution in [3.05, 3.63) is 42.0 Å². The molecule has 0 saturated heterocycles. The molecule has 0 spiro atoms. The first kappa shape index (κ1) is 18.2. The molecule has 1 aromatic carbocycles. The van der Waals surface area contributed by atoms with Gasteiger partial charge in [0.25, 0.3) is 0 Å². The van der Waals surface area contributed by atoms with Gasteiger partial charge in [-0.25, -0.2) is 0 Å². The van der Waals surface area contributed by atoms with Gasteiger partial charge in [-0.3, -0.25) is 4.99 Å². The van der Waals surface area contributed by atoms with Crippen molar-refractivity contribution < 1.29 is 5.11 Å². The summed E-state index contributed by atoms with van der Waals surface area (Å²) in [5.74, 6) is 0.613. The number of azo groups is 1. The van der Waals surface area contributed by atoms with Crippen molar-refractivity contribution in [3.8, 4) is 0 Å². The number of rotatable bonds is 4. The lowest BCUT2D eigenvalue weighted by atomic mass is 10.1. The van der Waals surface area contributed by atoms with Crippen molar-refractivity contribution in [2.75, 3.05) is 7.05 Å². The smallest absolute Gasteiger partial charge is 0.142 e. The second-order valence-corrected chi connectivity index (χ2v) is 4.17. The number of aliphatic hydroxyl groups excluding tert-OH is 1. The summed E-state index contributed by atoms with van der Waals surface area (Å²) in [5, 5.41) is 17.2. The van der Waals surface area contributed by atoms with E-state index in [9.17, 15) is 5.11 Å². The predicted octanol–water partition coefficient (Wildman–Crippen LogP) is 4.11. The van der Waals surface area contributed by atoms with E-state index in [0.29, 0.717) is 18.0 Å². The Morgan fingerprint density at radius 2 is 1.75 bits per heavy atom. The Morgan fingerprint density at radius 1 is 1.20 bits per heavy atom. The molecule has 1 rings (SSSR count). The first-order valence-electron chi connectivity index (χ1n) is 6.84. The minimum atomic E-state index is -0.331. The van der Waals surface area contributed by atoms with Gasteiger partial charge in [-0.15, -0.1) is 10.2 Å². The largest absolute Gasteiger partial charge is 0.393 e. The average Bonchev–Trinajstić information content (AvgIpc) is 2.46. The average molecular weight is 275 g/mol. The van der Waals surface area contributed by atoms with Crippen LogP contribution >= 0.6 is 0 Å². The molecule has 20 heavy (non-hydrogen) atoms. The van der Waals surface area contributed by atoms with Gasteiger partial charge in [0.1, 0.15) is 5.84 Å². The summed E-state index contributed by atoms with van der Waals surface area (Å²) in [4.78, 5) is 3.89. The van der Waals surface area contributed by atoms with Crippen molar-refractivity contribution in [1.29, 1.82) is 0 Å². The van der Waals surface area contributed by atoms with Crippen LogP contribution in [0.1, 0.15) is 38.8 Å². The first-order valence-corrected chi connectivity index (χ1v) is 6.84. The number of hydrogen-bond donors (Lipinski definition) is 1. The van der Waals surface area contributed by atoms with Crippen LogP contribution in [-0.2, 0) is 6.42 Å². The molecule has 0 heterocycles. The van der Waals surface area contributed by atoms with Crippen LogP contribution in [-0.4, -0.2) is 24.1 Å². The van der Waals surface area contributed by atoms with Gasteiger partial charge in [0.05, 0.1) is 11.8 Å². The Hall–Kier alpha value is -1.81. The maximum atomic E-state index is 9.29. The predicted molar refractivity (Wildman–Crippen MR) is 86.1 cm³/mol. The number of aliphatic imine (C=N–C) groups is 1. The van der Waals surface area contributed by atoms with E-state index in [1.165, 1.54) is 0 Å². The molecule has 0 saturated carbocycles. The molecule has 0 aliphatic carbocycles. The Labute approximate surface area is 122 Å². The van der Waals surface area contributed by atoms with E-state index in [0.717, 1.165) is 11.1 Å². The second kappa shape index (κ2) is 10.0. The molecule has 4 heteroatoms. The van der Waals surface area contributed by atoms with Crippen LogP contribution in [0, 0.1) is 0 Å². The third-order valence-corrected chi connectivity index (χ3v) is 2.46. The Balaban J connectivity index is 0.00000172. The zero-order valence-corrected chi connectivity index (χ0v) is 13.1. The highest BCUT2D eigenvalue weighted by Crippen LogP contribution is 2.16. The topological polar surface area (TPSA) is 57.3 Å². The van der Waals surface area contributed by atoms with Crippen molar-refractivity contribution in [1.82, 2.24) is 0 Å². The molecule has 110 valence electrons. The van der Waals surface area contributed by atoms with Crippen LogP contribution in [0.15, 0.2) is 46.1 Å². The first-order chi connectivity index (χ1) is 9.52. The summed E-state index contributed by atoms with van der Waals surface area (Å²) in [7, 11) is 1.67. The van der Waals surface area contributed by atoms with Crippen LogP contribution < -0.4 is 0 Å². The highest BCUT2D eigenvalue weighted by atomic mass is 16.3. The van der Waals surface area contributed by atoms with Gasteiger partial charge in [-0.05, 0) is 25.8 Å². The summed E-state index contributed by atoms with van der Waals surface area (Å²) in [6.45, 7) is 11.4. The summed E-state index contributed by atoms with van der Waals surface area (Å²) < 4.78 is 0. The van der Waals surface area contributed by atoms with Crippen LogP contribution in [0.3, 0.4) is 0 Å². The lowest BCUT2D eigenvalue weighted by Gasteiger charge is -2.05. The van der Waals surface area contributed by atoms with Gasteiger partial charge in [-0.1, -0.05) is 44.7 Å². The monoisotopic (exact) mass is 275 g/mol. The van der Waals surface area contributed by atoms with E-state index in [-0.39, 0.29) is 6.10 Å². The van der Waals surface area contributed by atoms with Gasteiger partial charge >= 0.3 is 0 Å². The van der Waals surface area contributed by atoms with Crippen molar-refractivity contribution in [2.45, 2.75) is 40.2 Å². The van der Waals surface area contributed by atoms with Gasteiger partial charge < -0.3 is 5.11 Å². The van der Waals surface area contributed by atoms with Crippen molar-refractivity contribution in [2.24, 2.45) is 15.2 Å². The van der Waals surface area contributed by atoms with Gasteiger partial charge in [-0.2, -0.15) is 0 Å². The fraction of sp³-hybridized carbons (Fsp3) is 0.438. The van der Waals surface area contributed by atoms with Crippen molar-refractivity contribution >= 4 is 11.5 Å². The molecule has 1 aromatic rings. The molecule has 0 radical (unpaired) electrons. The number of aliphatic hydroxyl groups is 1. The lowest BCUT2D eigenvalue weighted by molar-refractivity contribution is 0.195. The quantitative estimate of drug-likeness (QED) is 0.502. The molecule has 0 bridgehead atoms. The van der Waals surface area contributed by atoms with Gasteiger partial charge in [0, 0.05) is 12.6 Å². The molecule has 0 amide bonds. The van der Waals surface area contributed by atoms with Crippen molar-refractivity contribution in [3.63, 3.8) is 0 Å². The zero-order valence-electron chi connectivity index (χ0n) is 13.1. The van der Waals surface area contributed by atoms with Crippen LogP contribution in [0.25, 0.3) is 5.70 Å². The highest BCUT2D eigenvalue weighted by Gasteiger charge is 2.01. The fourth-order valence-electron chi connectivity index (χ4n) is 1.41. The Bertz CT molecular complexity index is 459. The fourth-order valence-corrected chi connectivity index (χ4v) is 1.41. The van der Waals surface area contributed by atoms with Gasteiger partial charge in [0.15, 0.2) is 0 Å². The maximum absolute atomic E-state index is 9.29. The van der Waals surface area contributed by atoms with E-state index in [1.54, 1.807) is 20.9 Å². The summed E-state index contributed by atoms with van der Waals surface area (Å²) >= 11 is 0. The Morgan fingerprint density at radius 3 is 2.20 bits per heavy atom. The zero-order chi connectivity index (χ0) is 15.5. The third-order valence-electron chi connectivity index (χ3n) is 2.46. The summed E-state index contributed by atoms with van der Waals surface area (Å²) in [5.41, 5.74) is 2.60. The van der Waals surface area contributed by atoms with E-state index in [2.05, 4.69) is 21.8 Å². The van der Waals surface area contributed by atoms with E-state index in [4.69, 9.17) is 0 Å². The normalized spacial score (nSPS) is 12.8. The molecule has 0 aromatic heterocycles. The third kappa shape index (κ3) is 6.95. The molecule has 0 aliphatic rings. The number of nitrogens with zero attached hydrogens (tertiary/aromatic N) is 3. The van der Waals surface area contributed by atoms with E-state index < -0.39 is 0 Å². The number of hydrogen-bond acceptors (Lipinski definition) is 3. The molecule has 0 fully saturated rings. The van der Waals surface area contributed by atoms with Crippen LogP contribution in [0.2, 0.25) is 0 Å². The molecule has 1 unspecified atom stereocenters. The molecular formula is C16H25N3O. The SMILES string of the molecule is C=C(N=NC(C)=NC)c1ccc(CC(C)O)cc1.CC. The standard InChI is InChI=1S/C14H19N3O.C2H6/c1-10(18)9-13-5-7-14(8-6-13)11(2)16-17-12(3)15-4;1-2/h5-8,10,18H,2,9H2,1,3-4H3;1-2H3. The number of amidine groups is 1. The maximum Gasteiger partial charge on any atom is 0.142 e. The molecule has 4 nitrogen and oxygen atoms in total. The molecular weight excluding hydrogens is 250 g/mol. The Kier molecular flexibility index (Phi) is 9.13. The number of benzene rings is 1. The molecule has 0 aliphatic heterocycles. The van der Waals surface area contributed by atoms with Gasteiger partial charge in [0.2, 0.25) is 0 Å². The van der Waals surface area contributed by atoms with Crippen LogP contribution in [0.4, 0.5) is 0 Å². The lowest BCUT2D eigenvalue weighted by Crippen LogP contribution is -2.03. The summed E-state index contributed by atoms with van der Waals surface area (Å²) in [6, 6.07) is 7.78. The minimum Gasteiger partial charge on any atom is -0.393 e. The molecule has 1 N–H and O–H groups in total. The van der Waals surface area contributed by atoms with E-state index >= 15 is 0 Å². The molecule has 1 atom stereocenters. The minimum absolute atomic E-state index is 0.331. The van der Waals surface area contributed by atoms with Crippen LogP contribution in [0.5, 0.6) is 0 Å². The van der Waals surface area contributed by atoms with E-state index in [1.807, 2.05) is 38.1 Å². The summed E-state index contributed by atoms with van der Waals surface area (Å²) in [6.07, 6.45) is 0.317.